The first kappa shape index (κ1) is 37.2. The zero-order valence-corrected chi connectivity index (χ0v) is 30.1. The predicted octanol–water partition coefficient (Wildman–Crippen LogP) is 9.26. The lowest BCUT2D eigenvalue weighted by Gasteiger charge is -2.20. The number of allylic oxidation sites excluding steroid dienone is 1. The molecule has 0 heterocycles. The van der Waals surface area contributed by atoms with Crippen LogP contribution in [0.3, 0.4) is 0 Å². The van der Waals surface area contributed by atoms with Crippen molar-refractivity contribution in [2.45, 2.75) is 40.0 Å². The Morgan fingerprint density at radius 2 is 1.54 bits per heavy atom. The molecule has 3 N–H and O–H groups in total. The van der Waals surface area contributed by atoms with Crippen molar-refractivity contribution in [2.24, 2.45) is 5.41 Å². The van der Waals surface area contributed by atoms with Gasteiger partial charge >= 0.3 is 0 Å². The number of benzene rings is 4. The summed E-state index contributed by atoms with van der Waals surface area (Å²) in [6.45, 7) is 8.05. The smallest absolute Gasteiger partial charge is 0.266 e. The summed E-state index contributed by atoms with van der Waals surface area (Å²) < 4.78 is 30.8. The van der Waals surface area contributed by atoms with Crippen molar-refractivity contribution in [1.29, 1.82) is 0 Å². The van der Waals surface area contributed by atoms with Crippen LogP contribution in [0.5, 0.6) is 0 Å². The molecule has 252 valence electrons. The summed E-state index contributed by atoms with van der Waals surface area (Å²) in [4.78, 5) is 26.5. The summed E-state index contributed by atoms with van der Waals surface area (Å²) in [7, 11) is -4.19. The van der Waals surface area contributed by atoms with Crippen LogP contribution in [0.1, 0.15) is 59.3 Å². The van der Waals surface area contributed by atoms with Crippen LogP contribution in [0.2, 0.25) is 15.1 Å². The first-order chi connectivity index (χ1) is 22.5. The maximum Gasteiger partial charge on any atom is 0.266 e. The molecule has 4 aromatic rings. The van der Waals surface area contributed by atoms with Gasteiger partial charge in [-0.2, -0.15) is 8.42 Å². The lowest BCUT2D eigenvalue weighted by Crippen LogP contribution is -2.28. The normalized spacial score (nSPS) is 12.6. The number of hydrogen-bond donors (Lipinski definition) is 3. The van der Waals surface area contributed by atoms with E-state index in [2.05, 4.69) is 43.6 Å². The van der Waals surface area contributed by atoms with Crippen molar-refractivity contribution in [1.82, 2.24) is 5.32 Å². The molecular weight excluding hydrogens is 691 g/mol. The Bertz CT molecular complexity index is 1940. The first-order valence-electron chi connectivity index (χ1n) is 15.2. The molecule has 4 rings (SSSR count). The second kappa shape index (κ2) is 15.7. The second-order valence-corrected chi connectivity index (χ2v) is 15.4. The Hall–Kier alpha value is -3.66. The summed E-state index contributed by atoms with van der Waals surface area (Å²) >= 11 is 19.3. The molecule has 0 aliphatic rings. The highest BCUT2D eigenvalue weighted by atomic mass is 35.5. The number of carbonyl (C=O) groups is 2. The van der Waals surface area contributed by atoms with E-state index >= 15 is 0 Å². The monoisotopic (exact) mass is 726 g/mol. The molecule has 0 spiro atoms. The molecule has 0 aliphatic carbocycles. The number of rotatable bonds is 11. The molecule has 48 heavy (non-hydrogen) atoms. The van der Waals surface area contributed by atoms with Crippen LogP contribution in [0.15, 0.2) is 84.9 Å². The lowest BCUT2D eigenvalue weighted by atomic mass is 9.89. The molecule has 1 atom stereocenters. The van der Waals surface area contributed by atoms with Crippen LogP contribution in [0.4, 0.5) is 5.69 Å². The van der Waals surface area contributed by atoms with Crippen molar-refractivity contribution in [3.05, 3.63) is 128 Å². The minimum absolute atomic E-state index is 0.0204. The third-order valence-corrected chi connectivity index (χ3v) is 9.11. The van der Waals surface area contributed by atoms with E-state index in [9.17, 15) is 18.0 Å². The maximum absolute atomic E-state index is 14.0. The SMILES string of the molecule is Cc1cc(NC(=O)C(Cc2ccc(C(=O)NCCS(=O)(=O)O)cc2)c2ccc(C=CC(C)(C)C)cc2)c(Cl)cc1-c1ccc(Cl)cc1Cl. The highest BCUT2D eigenvalue weighted by molar-refractivity contribution is 7.85. The van der Waals surface area contributed by atoms with Crippen molar-refractivity contribution in [3.8, 4) is 11.1 Å². The summed E-state index contributed by atoms with van der Waals surface area (Å²) in [5.74, 6) is -1.94. The molecule has 0 saturated heterocycles. The van der Waals surface area contributed by atoms with Gasteiger partial charge in [-0.1, -0.05) is 110 Å². The van der Waals surface area contributed by atoms with Gasteiger partial charge in [0, 0.05) is 27.7 Å². The Balaban J connectivity index is 1.60. The average molecular weight is 728 g/mol. The molecule has 0 aromatic heterocycles. The Morgan fingerprint density at radius 3 is 2.15 bits per heavy atom. The lowest BCUT2D eigenvalue weighted by molar-refractivity contribution is -0.117. The van der Waals surface area contributed by atoms with E-state index in [1.165, 1.54) is 0 Å². The fourth-order valence-electron chi connectivity index (χ4n) is 4.97. The second-order valence-electron chi connectivity index (χ2n) is 12.6. The maximum atomic E-state index is 14.0. The summed E-state index contributed by atoms with van der Waals surface area (Å²) in [5, 5.41) is 6.85. The van der Waals surface area contributed by atoms with Gasteiger partial charge in [-0.15, -0.1) is 0 Å². The van der Waals surface area contributed by atoms with Gasteiger partial charge in [0.15, 0.2) is 0 Å². The number of aryl methyl sites for hydroxylation is 1. The number of nitrogens with one attached hydrogen (secondary N) is 2. The Labute approximate surface area is 297 Å². The molecule has 1 unspecified atom stereocenters. The van der Waals surface area contributed by atoms with Gasteiger partial charge in [-0.3, -0.25) is 14.1 Å². The predicted molar refractivity (Wildman–Crippen MR) is 197 cm³/mol. The number of carbonyl (C=O) groups excluding carboxylic acids is 2. The van der Waals surface area contributed by atoms with E-state index in [-0.39, 0.29) is 17.9 Å². The third-order valence-electron chi connectivity index (χ3n) is 7.53. The molecule has 7 nitrogen and oxygen atoms in total. The largest absolute Gasteiger partial charge is 0.351 e. The van der Waals surface area contributed by atoms with E-state index < -0.39 is 27.7 Å². The number of amides is 2. The van der Waals surface area contributed by atoms with E-state index in [1.807, 2.05) is 43.3 Å². The molecule has 0 fully saturated rings. The van der Waals surface area contributed by atoms with Gasteiger partial charge in [-0.25, -0.2) is 0 Å². The molecule has 0 bridgehead atoms. The van der Waals surface area contributed by atoms with E-state index in [4.69, 9.17) is 39.4 Å². The number of halogens is 3. The quantitative estimate of drug-likeness (QED) is 0.133. The Morgan fingerprint density at radius 1 is 0.875 bits per heavy atom. The van der Waals surface area contributed by atoms with Gasteiger partial charge in [0.05, 0.1) is 22.4 Å². The molecule has 0 aliphatic heterocycles. The van der Waals surface area contributed by atoms with E-state index in [0.717, 1.165) is 33.4 Å². The third kappa shape index (κ3) is 10.7. The highest BCUT2D eigenvalue weighted by Gasteiger charge is 2.23. The van der Waals surface area contributed by atoms with Crippen LogP contribution < -0.4 is 10.6 Å². The van der Waals surface area contributed by atoms with E-state index in [1.54, 1.807) is 42.5 Å². The summed E-state index contributed by atoms with van der Waals surface area (Å²) in [5.41, 5.74) is 5.84. The summed E-state index contributed by atoms with van der Waals surface area (Å²) in [6, 6.07) is 23.3. The molecule has 4 aromatic carbocycles. The molecule has 0 radical (unpaired) electrons. The van der Waals surface area contributed by atoms with Gasteiger partial charge in [0.1, 0.15) is 0 Å². The minimum Gasteiger partial charge on any atom is -0.351 e. The molecule has 2 amide bonds. The van der Waals surface area contributed by atoms with Crippen LogP contribution in [0.25, 0.3) is 17.2 Å². The first-order valence-corrected chi connectivity index (χ1v) is 17.9. The molecule has 0 saturated carbocycles. The van der Waals surface area contributed by atoms with Crippen LogP contribution in [-0.2, 0) is 21.3 Å². The van der Waals surface area contributed by atoms with Gasteiger partial charge in [-0.05, 0) is 83.0 Å². The van der Waals surface area contributed by atoms with Gasteiger partial charge < -0.3 is 10.6 Å². The Kier molecular flexibility index (Phi) is 12.2. The summed E-state index contributed by atoms with van der Waals surface area (Å²) in [6.07, 6.45) is 4.50. The fraction of sp³-hybridized carbons (Fsp3) is 0.243. The highest BCUT2D eigenvalue weighted by Crippen LogP contribution is 2.37. The van der Waals surface area contributed by atoms with Crippen molar-refractivity contribution >= 4 is 68.5 Å². The van der Waals surface area contributed by atoms with Crippen LogP contribution in [0, 0.1) is 12.3 Å². The number of hydrogen-bond acceptors (Lipinski definition) is 4. The van der Waals surface area contributed by atoms with Gasteiger partial charge in [0.2, 0.25) is 5.91 Å². The zero-order valence-electron chi connectivity index (χ0n) is 27.0. The average Bonchev–Trinajstić information content (AvgIpc) is 3.00. The topological polar surface area (TPSA) is 113 Å². The zero-order chi connectivity index (χ0) is 35.2. The van der Waals surface area contributed by atoms with E-state index in [0.29, 0.717) is 32.7 Å². The van der Waals surface area contributed by atoms with Crippen LogP contribution in [-0.4, -0.2) is 37.1 Å². The van der Waals surface area contributed by atoms with Crippen molar-refractivity contribution in [2.75, 3.05) is 17.6 Å². The molecule has 11 heteroatoms. The standard InChI is InChI=1S/C37H37Cl3N2O5S/c1-23-19-34(33(40)22-30(23)29-14-13-28(38)21-32(29)39)42-36(44)31(26-9-5-24(6-10-26)15-16-37(2,3)4)20-25-7-11-27(12-8-25)35(43)41-17-18-48(45,46)47/h5-16,19,21-22,31H,17-18,20H2,1-4H3,(H,41,43)(H,42,44)(H,45,46,47). The van der Waals surface area contributed by atoms with Crippen molar-refractivity contribution in [3.63, 3.8) is 0 Å². The van der Waals surface area contributed by atoms with Crippen molar-refractivity contribution < 1.29 is 22.6 Å². The van der Waals surface area contributed by atoms with Gasteiger partial charge in [0.25, 0.3) is 16.0 Å². The minimum atomic E-state index is -4.19. The fourth-order valence-corrected chi connectivity index (χ4v) is 6.05. The number of anilines is 1. The molecular formula is C37H37Cl3N2O5S. The van der Waals surface area contributed by atoms with Crippen LogP contribution >= 0.6 is 34.8 Å².